The van der Waals surface area contributed by atoms with Crippen molar-refractivity contribution < 1.29 is 4.79 Å². The number of carbonyl (C=O) groups excluding carboxylic acids is 1. The van der Waals surface area contributed by atoms with Gasteiger partial charge in [0, 0.05) is 39.3 Å². The second kappa shape index (κ2) is 9.56. The van der Waals surface area contributed by atoms with E-state index in [0.717, 1.165) is 65.0 Å². The minimum Gasteiger partial charge on any atom is -0.354 e. The zero-order chi connectivity index (χ0) is 16.8. The van der Waals surface area contributed by atoms with Crippen molar-refractivity contribution >= 4 is 18.3 Å². The predicted molar refractivity (Wildman–Crippen MR) is 106 cm³/mol. The summed E-state index contributed by atoms with van der Waals surface area (Å²) in [6, 6.07) is 8.56. The highest BCUT2D eigenvalue weighted by Crippen LogP contribution is 2.40. The van der Waals surface area contributed by atoms with Crippen LogP contribution in [0.1, 0.15) is 43.2 Å². The third-order valence-electron chi connectivity index (χ3n) is 5.64. The fourth-order valence-corrected chi connectivity index (χ4v) is 4.18. The summed E-state index contributed by atoms with van der Waals surface area (Å²) in [6.07, 6.45) is 5.52. The number of aryl methyl sites for hydroxylation is 1. The zero-order valence-corrected chi connectivity index (χ0v) is 16.2. The second-order valence-electron chi connectivity index (χ2n) is 7.36. The third-order valence-corrected chi connectivity index (χ3v) is 5.64. The number of piperazine rings is 1. The lowest BCUT2D eigenvalue weighted by Gasteiger charge is -2.37. The van der Waals surface area contributed by atoms with Crippen molar-refractivity contribution in [2.45, 2.75) is 44.4 Å². The highest BCUT2D eigenvalue weighted by molar-refractivity contribution is 5.88. The lowest BCUT2D eigenvalue weighted by molar-refractivity contribution is -0.128. The Morgan fingerprint density at radius 1 is 1.20 bits per heavy atom. The highest BCUT2D eigenvalue weighted by atomic mass is 35.5. The van der Waals surface area contributed by atoms with Crippen LogP contribution in [0.5, 0.6) is 0 Å². The molecule has 1 aliphatic carbocycles. The molecule has 0 radical (unpaired) electrons. The Labute approximate surface area is 158 Å². The van der Waals surface area contributed by atoms with Gasteiger partial charge in [-0.15, -0.1) is 12.4 Å². The Morgan fingerprint density at radius 2 is 1.92 bits per heavy atom. The van der Waals surface area contributed by atoms with Crippen molar-refractivity contribution in [2.24, 2.45) is 0 Å². The van der Waals surface area contributed by atoms with Gasteiger partial charge in [-0.1, -0.05) is 49.1 Å². The average molecular weight is 366 g/mol. The van der Waals surface area contributed by atoms with Crippen LogP contribution in [0.4, 0.5) is 0 Å². The van der Waals surface area contributed by atoms with Crippen LogP contribution in [-0.4, -0.2) is 50.1 Å². The maximum absolute atomic E-state index is 13.1. The van der Waals surface area contributed by atoms with Crippen molar-refractivity contribution in [2.75, 3.05) is 39.3 Å². The molecule has 1 aromatic rings. The zero-order valence-electron chi connectivity index (χ0n) is 15.4. The molecule has 1 heterocycles. The van der Waals surface area contributed by atoms with E-state index in [-0.39, 0.29) is 23.7 Å². The molecule has 2 N–H and O–H groups in total. The van der Waals surface area contributed by atoms with Crippen molar-refractivity contribution in [3.05, 3.63) is 35.4 Å². The molecule has 0 aromatic heterocycles. The number of carbonyl (C=O) groups is 1. The largest absolute Gasteiger partial charge is 0.354 e. The molecular weight excluding hydrogens is 334 g/mol. The van der Waals surface area contributed by atoms with Crippen LogP contribution in [0.15, 0.2) is 24.3 Å². The maximum Gasteiger partial charge on any atom is 0.230 e. The number of halogens is 1. The molecule has 140 valence electrons. The number of hydrogen-bond acceptors (Lipinski definition) is 3. The first-order chi connectivity index (χ1) is 11.7. The molecule has 25 heavy (non-hydrogen) atoms. The van der Waals surface area contributed by atoms with Gasteiger partial charge in [-0.05, 0) is 25.3 Å². The molecule has 1 aliphatic heterocycles. The van der Waals surface area contributed by atoms with E-state index in [1.54, 1.807) is 0 Å². The van der Waals surface area contributed by atoms with Crippen molar-refractivity contribution in [1.29, 1.82) is 0 Å². The predicted octanol–water partition coefficient (Wildman–Crippen LogP) is 2.64. The molecule has 4 nitrogen and oxygen atoms in total. The van der Waals surface area contributed by atoms with E-state index in [0.29, 0.717) is 0 Å². The maximum atomic E-state index is 13.1. The standard InChI is InChI=1S/C20H31N3O.ClH/c1-17-6-5-7-18(16-17)20(8-3-2-4-9-20)19(24)22-12-15-23-13-10-21-11-14-23;/h5-7,16,21H,2-4,8-15H2,1H3,(H,22,24);1H. The molecule has 2 aliphatic rings. The lowest BCUT2D eigenvalue weighted by Crippen LogP contribution is -2.50. The molecule has 0 bridgehead atoms. The van der Waals surface area contributed by atoms with Gasteiger partial charge in [0.2, 0.25) is 5.91 Å². The molecule has 5 heteroatoms. The monoisotopic (exact) mass is 365 g/mol. The molecular formula is C20H32ClN3O. The first kappa shape index (κ1) is 20.2. The number of benzene rings is 1. The van der Waals surface area contributed by atoms with Gasteiger partial charge in [0.15, 0.2) is 0 Å². The fraction of sp³-hybridized carbons (Fsp3) is 0.650. The second-order valence-corrected chi connectivity index (χ2v) is 7.36. The molecule has 2 fully saturated rings. The van der Waals surface area contributed by atoms with Crippen LogP contribution < -0.4 is 10.6 Å². The van der Waals surface area contributed by atoms with Crippen LogP contribution in [0, 0.1) is 6.92 Å². The van der Waals surface area contributed by atoms with Crippen LogP contribution in [0.25, 0.3) is 0 Å². The van der Waals surface area contributed by atoms with E-state index >= 15 is 0 Å². The average Bonchev–Trinajstić information content (AvgIpc) is 2.63. The summed E-state index contributed by atoms with van der Waals surface area (Å²) in [5.41, 5.74) is 2.14. The SMILES string of the molecule is Cc1cccc(C2(C(=O)NCCN3CCNCC3)CCCCC2)c1.Cl. The minimum atomic E-state index is -0.312. The Hall–Kier alpha value is -1.10. The summed E-state index contributed by atoms with van der Waals surface area (Å²) in [5.74, 6) is 0.239. The van der Waals surface area contributed by atoms with E-state index in [4.69, 9.17) is 0 Å². The van der Waals surface area contributed by atoms with E-state index < -0.39 is 0 Å². The van der Waals surface area contributed by atoms with Gasteiger partial charge >= 0.3 is 0 Å². The Kier molecular flexibility index (Phi) is 7.73. The Balaban J connectivity index is 0.00000225. The molecule has 1 saturated carbocycles. The van der Waals surface area contributed by atoms with Gasteiger partial charge in [-0.2, -0.15) is 0 Å². The van der Waals surface area contributed by atoms with Crippen LogP contribution >= 0.6 is 12.4 Å². The minimum absolute atomic E-state index is 0. The topological polar surface area (TPSA) is 44.4 Å². The fourth-order valence-electron chi connectivity index (χ4n) is 4.18. The quantitative estimate of drug-likeness (QED) is 0.843. The number of nitrogens with one attached hydrogen (secondary N) is 2. The lowest BCUT2D eigenvalue weighted by atomic mass is 9.68. The summed E-state index contributed by atoms with van der Waals surface area (Å²) < 4.78 is 0. The molecule has 1 amide bonds. The van der Waals surface area contributed by atoms with Gasteiger partial charge in [0.25, 0.3) is 0 Å². The van der Waals surface area contributed by atoms with Crippen molar-refractivity contribution in [3.8, 4) is 0 Å². The third kappa shape index (κ3) is 4.96. The summed E-state index contributed by atoms with van der Waals surface area (Å²) >= 11 is 0. The van der Waals surface area contributed by atoms with E-state index in [1.807, 2.05) is 0 Å². The molecule has 0 unspecified atom stereocenters. The van der Waals surface area contributed by atoms with E-state index in [9.17, 15) is 4.79 Å². The van der Waals surface area contributed by atoms with Crippen LogP contribution in [-0.2, 0) is 10.2 Å². The van der Waals surface area contributed by atoms with Gasteiger partial charge in [-0.25, -0.2) is 0 Å². The van der Waals surface area contributed by atoms with Crippen LogP contribution in [0.2, 0.25) is 0 Å². The van der Waals surface area contributed by atoms with Gasteiger partial charge in [-0.3, -0.25) is 9.69 Å². The summed E-state index contributed by atoms with van der Waals surface area (Å²) in [5, 5.41) is 6.63. The van der Waals surface area contributed by atoms with Gasteiger partial charge in [0.1, 0.15) is 0 Å². The van der Waals surface area contributed by atoms with Crippen molar-refractivity contribution in [1.82, 2.24) is 15.5 Å². The van der Waals surface area contributed by atoms with Crippen LogP contribution in [0.3, 0.4) is 0 Å². The smallest absolute Gasteiger partial charge is 0.230 e. The molecule has 3 rings (SSSR count). The van der Waals surface area contributed by atoms with Gasteiger partial charge < -0.3 is 10.6 Å². The summed E-state index contributed by atoms with van der Waals surface area (Å²) in [6.45, 7) is 8.10. The Morgan fingerprint density at radius 3 is 2.60 bits per heavy atom. The number of rotatable bonds is 5. The Bertz CT molecular complexity index is 552. The first-order valence-corrected chi connectivity index (χ1v) is 9.49. The normalized spacial score (nSPS) is 20.5. The number of nitrogens with zero attached hydrogens (tertiary/aromatic N) is 1. The van der Waals surface area contributed by atoms with Crippen molar-refractivity contribution in [3.63, 3.8) is 0 Å². The molecule has 1 aromatic carbocycles. The van der Waals surface area contributed by atoms with E-state index in [2.05, 4.69) is 46.7 Å². The van der Waals surface area contributed by atoms with E-state index in [1.165, 1.54) is 17.5 Å². The highest BCUT2D eigenvalue weighted by Gasteiger charge is 2.40. The number of amides is 1. The summed E-state index contributed by atoms with van der Waals surface area (Å²) in [4.78, 5) is 15.6. The molecule has 0 atom stereocenters. The molecule has 0 spiro atoms. The number of hydrogen-bond donors (Lipinski definition) is 2. The molecule has 1 saturated heterocycles. The first-order valence-electron chi connectivity index (χ1n) is 9.49. The summed E-state index contributed by atoms with van der Waals surface area (Å²) in [7, 11) is 0. The van der Waals surface area contributed by atoms with Gasteiger partial charge in [0.05, 0.1) is 5.41 Å².